The highest BCUT2D eigenvalue weighted by Crippen LogP contribution is 2.03. The van der Waals surface area contributed by atoms with Gasteiger partial charge in [0.05, 0.1) is 6.33 Å². The van der Waals surface area contributed by atoms with Crippen LogP contribution in [0.3, 0.4) is 0 Å². The Morgan fingerprint density at radius 2 is 2.15 bits per heavy atom. The van der Waals surface area contributed by atoms with Crippen LogP contribution in [-0.2, 0) is 11.2 Å². The normalized spacial score (nSPS) is 17.8. The van der Waals surface area contributed by atoms with Crippen molar-refractivity contribution in [2.24, 2.45) is 0 Å². The number of likely N-dealkylation sites (N-methyl/N-ethyl adjacent to an activating group) is 1. The lowest BCUT2D eigenvalue weighted by Gasteiger charge is -2.33. The zero-order valence-electron chi connectivity index (χ0n) is 11.4. The van der Waals surface area contributed by atoms with Crippen molar-refractivity contribution in [3.8, 4) is 0 Å². The van der Waals surface area contributed by atoms with E-state index in [9.17, 15) is 14.7 Å². The monoisotopic (exact) mass is 281 g/mol. The Bertz CT molecular complexity index is 454. The van der Waals surface area contributed by atoms with Crippen LogP contribution in [0.25, 0.3) is 0 Å². The van der Waals surface area contributed by atoms with E-state index in [0.29, 0.717) is 18.8 Å². The summed E-state index contributed by atoms with van der Waals surface area (Å²) in [6.45, 7) is 2.81. The molecule has 110 valence electrons. The molecule has 0 bridgehead atoms. The number of hydrogen-bond acceptors (Lipinski definition) is 4. The molecule has 0 aromatic carbocycles. The number of imidazole rings is 1. The Morgan fingerprint density at radius 1 is 1.45 bits per heavy atom. The SMILES string of the molecule is CN1CCN(C(=O)N[C@H](Cc2cnc[nH]2)C(=O)O)CC1. The second-order valence-corrected chi connectivity index (χ2v) is 4.91. The molecule has 2 rings (SSSR count). The number of aromatic amines is 1. The van der Waals surface area contributed by atoms with Crippen molar-refractivity contribution in [1.29, 1.82) is 0 Å². The standard InChI is InChI=1S/C12H19N5O3/c1-16-2-4-17(5-3-16)12(20)15-10(11(18)19)6-9-7-13-8-14-9/h7-8,10H,2-6H2,1H3,(H,13,14)(H,15,20)(H,18,19)/t10-/m1/s1. The smallest absolute Gasteiger partial charge is 0.326 e. The van der Waals surface area contributed by atoms with Crippen molar-refractivity contribution < 1.29 is 14.7 Å². The maximum Gasteiger partial charge on any atom is 0.326 e. The summed E-state index contributed by atoms with van der Waals surface area (Å²) in [4.78, 5) is 33.7. The molecule has 1 aromatic rings. The quantitative estimate of drug-likeness (QED) is 0.681. The Morgan fingerprint density at radius 3 is 2.70 bits per heavy atom. The first-order chi connectivity index (χ1) is 9.56. The second-order valence-electron chi connectivity index (χ2n) is 4.91. The maximum atomic E-state index is 12.1. The molecule has 0 aliphatic carbocycles. The second kappa shape index (κ2) is 6.38. The van der Waals surface area contributed by atoms with E-state index < -0.39 is 12.0 Å². The van der Waals surface area contributed by atoms with Crippen LogP contribution in [0.4, 0.5) is 4.79 Å². The minimum absolute atomic E-state index is 0.189. The molecule has 20 heavy (non-hydrogen) atoms. The Labute approximate surface area is 116 Å². The number of rotatable bonds is 4. The Balaban J connectivity index is 1.90. The van der Waals surface area contributed by atoms with Gasteiger partial charge in [0, 0.05) is 44.5 Å². The fraction of sp³-hybridized carbons (Fsp3) is 0.583. The first kappa shape index (κ1) is 14.3. The molecule has 0 unspecified atom stereocenters. The number of nitrogens with one attached hydrogen (secondary N) is 2. The third-order valence-electron chi connectivity index (χ3n) is 3.37. The van der Waals surface area contributed by atoms with Crippen LogP contribution in [0.1, 0.15) is 5.69 Å². The molecule has 8 nitrogen and oxygen atoms in total. The topological polar surface area (TPSA) is 102 Å². The van der Waals surface area contributed by atoms with Gasteiger partial charge in [-0.2, -0.15) is 0 Å². The fourth-order valence-corrected chi connectivity index (χ4v) is 2.07. The molecular formula is C12H19N5O3. The predicted octanol–water partition coefficient (Wildman–Crippen LogP) is -0.638. The van der Waals surface area contributed by atoms with Gasteiger partial charge in [0.2, 0.25) is 0 Å². The lowest BCUT2D eigenvalue weighted by atomic mass is 10.1. The summed E-state index contributed by atoms with van der Waals surface area (Å²) in [5.41, 5.74) is 0.677. The number of amides is 2. The van der Waals surface area contributed by atoms with Crippen LogP contribution < -0.4 is 5.32 Å². The van der Waals surface area contributed by atoms with Crippen molar-refractivity contribution in [1.82, 2.24) is 25.1 Å². The van der Waals surface area contributed by atoms with Gasteiger partial charge in [-0.05, 0) is 7.05 Å². The maximum absolute atomic E-state index is 12.1. The van der Waals surface area contributed by atoms with Crippen molar-refractivity contribution in [3.05, 3.63) is 18.2 Å². The van der Waals surface area contributed by atoms with Crippen LogP contribution in [0.15, 0.2) is 12.5 Å². The number of carboxylic acid groups (broad SMARTS) is 1. The molecule has 0 spiro atoms. The molecule has 2 amide bonds. The lowest BCUT2D eigenvalue weighted by Crippen LogP contribution is -2.54. The number of urea groups is 1. The summed E-state index contributed by atoms with van der Waals surface area (Å²) >= 11 is 0. The first-order valence-electron chi connectivity index (χ1n) is 6.50. The molecule has 1 aliphatic rings. The summed E-state index contributed by atoms with van der Waals surface area (Å²) in [6.07, 6.45) is 3.23. The average molecular weight is 281 g/mol. The zero-order chi connectivity index (χ0) is 14.5. The van der Waals surface area contributed by atoms with E-state index in [0.717, 1.165) is 13.1 Å². The average Bonchev–Trinajstić information content (AvgIpc) is 2.91. The van der Waals surface area contributed by atoms with Gasteiger partial charge in [-0.15, -0.1) is 0 Å². The van der Waals surface area contributed by atoms with Gasteiger partial charge in [-0.1, -0.05) is 0 Å². The molecule has 0 radical (unpaired) electrons. The Hall–Kier alpha value is -2.09. The van der Waals surface area contributed by atoms with Crippen LogP contribution in [0.5, 0.6) is 0 Å². The number of nitrogens with zero attached hydrogens (tertiary/aromatic N) is 3. The van der Waals surface area contributed by atoms with Crippen molar-refractivity contribution >= 4 is 12.0 Å². The molecule has 1 aliphatic heterocycles. The molecule has 3 N–H and O–H groups in total. The molecule has 0 saturated carbocycles. The number of H-pyrrole nitrogens is 1. The number of carbonyl (C=O) groups excluding carboxylic acids is 1. The highest BCUT2D eigenvalue weighted by Gasteiger charge is 2.25. The van der Waals surface area contributed by atoms with Gasteiger partial charge >= 0.3 is 12.0 Å². The van der Waals surface area contributed by atoms with Crippen LogP contribution >= 0.6 is 0 Å². The number of aliphatic carboxylic acids is 1. The molecule has 2 heterocycles. The Kier molecular flexibility index (Phi) is 4.57. The van der Waals surface area contributed by atoms with Crippen LogP contribution in [0, 0.1) is 0 Å². The molecule has 8 heteroatoms. The minimum Gasteiger partial charge on any atom is -0.480 e. The molecule has 1 aromatic heterocycles. The molecule has 1 saturated heterocycles. The van der Waals surface area contributed by atoms with Crippen molar-refractivity contribution in [2.75, 3.05) is 33.2 Å². The molecule has 1 fully saturated rings. The zero-order valence-corrected chi connectivity index (χ0v) is 11.4. The predicted molar refractivity (Wildman–Crippen MR) is 71.3 cm³/mol. The van der Waals surface area contributed by atoms with Gasteiger partial charge in [0.15, 0.2) is 0 Å². The third-order valence-corrected chi connectivity index (χ3v) is 3.37. The van der Waals surface area contributed by atoms with E-state index in [-0.39, 0.29) is 12.5 Å². The van der Waals surface area contributed by atoms with E-state index in [1.807, 2.05) is 7.05 Å². The summed E-state index contributed by atoms with van der Waals surface area (Å²) in [6, 6.07) is -1.28. The van der Waals surface area contributed by atoms with Gasteiger partial charge < -0.3 is 25.2 Å². The fourth-order valence-electron chi connectivity index (χ4n) is 2.07. The number of piperazine rings is 1. The summed E-state index contributed by atoms with van der Waals surface area (Å²) < 4.78 is 0. The van der Waals surface area contributed by atoms with Gasteiger partial charge in [0.25, 0.3) is 0 Å². The van der Waals surface area contributed by atoms with Gasteiger partial charge in [0.1, 0.15) is 6.04 Å². The van der Waals surface area contributed by atoms with E-state index in [4.69, 9.17) is 0 Å². The third kappa shape index (κ3) is 3.70. The highest BCUT2D eigenvalue weighted by atomic mass is 16.4. The number of carbonyl (C=O) groups is 2. The highest BCUT2D eigenvalue weighted by molar-refractivity contribution is 5.82. The molecular weight excluding hydrogens is 262 g/mol. The summed E-state index contributed by atoms with van der Waals surface area (Å²) in [5, 5.41) is 11.7. The summed E-state index contributed by atoms with van der Waals surface area (Å²) in [5.74, 6) is -1.05. The van der Waals surface area contributed by atoms with E-state index in [2.05, 4.69) is 20.2 Å². The van der Waals surface area contributed by atoms with Gasteiger partial charge in [-0.3, -0.25) is 0 Å². The van der Waals surface area contributed by atoms with Crippen molar-refractivity contribution in [3.63, 3.8) is 0 Å². The lowest BCUT2D eigenvalue weighted by molar-refractivity contribution is -0.139. The van der Waals surface area contributed by atoms with E-state index in [1.54, 1.807) is 11.1 Å². The largest absolute Gasteiger partial charge is 0.480 e. The molecule has 1 atom stereocenters. The number of carboxylic acids is 1. The summed E-state index contributed by atoms with van der Waals surface area (Å²) in [7, 11) is 1.99. The van der Waals surface area contributed by atoms with Crippen LogP contribution in [0.2, 0.25) is 0 Å². The van der Waals surface area contributed by atoms with E-state index >= 15 is 0 Å². The van der Waals surface area contributed by atoms with Crippen molar-refractivity contribution in [2.45, 2.75) is 12.5 Å². The first-order valence-corrected chi connectivity index (χ1v) is 6.50. The van der Waals surface area contributed by atoms with Crippen LogP contribution in [-0.4, -0.2) is 76.1 Å². The minimum atomic E-state index is -1.05. The number of aromatic nitrogens is 2. The van der Waals surface area contributed by atoms with Gasteiger partial charge in [-0.25, -0.2) is 14.6 Å². The van der Waals surface area contributed by atoms with E-state index in [1.165, 1.54) is 6.33 Å². The number of hydrogen-bond donors (Lipinski definition) is 3.